The highest BCUT2D eigenvalue weighted by Crippen LogP contribution is 2.22. The van der Waals surface area contributed by atoms with Gasteiger partial charge in [0.15, 0.2) is 0 Å². The first-order valence-corrected chi connectivity index (χ1v) is 7.66. The molecular weight excluding hydrogens is 240 g/mol. The van der Waals surface area contributed by atoms with E-state index in [2.05, 4.69) is 24.5 Å². The second-order valence-electron chi connectivity index (χ2n) is 5.80. The highest BCUT2D eigenvalue weighted by atomic mass is 16.5. The molecule has 0 aromatic rings. The van der Waals surface area contributed by atoms with Crippen LogP contribution in [0.25, 0.3) is 0 Å². The van der Waals surface area contributed by atoms with Gasteiger partial charge in [-0.15, -0.1) is 0 Å². The fraction of sp³-hybridized carbons (Fsp3) is 0.933. The van der Waals surface area contributed by atoms with Crippen LogP contribution in [0.15, 0.2) is 0 Å². The van der Waals surface area contributed by atoms with Gasteiger partial charge in [0.05, 0.1) is 12.6 Å². The van der Waals surface area contributed by atoms with Crippen LogP contribution in [0.3, 0.4) is 0 Å². The van der Waals surface area contributed by atoms with Gasteiger partial charge in [-0.1, -0.05) is 20.3 Å². The summed E-state index contributed by atoms with van der Waals surface area (Å²) in [5, 5.41) is 6.52. The van der Waals surface area contributed by atoms with Gasteiger partial charge in [-0.2, -0.15) is 0 Å². The molecule has 1 aliphatic rings. The summed E-state index contributed by atoms with van der Waals surface area (Å²) in [5.41, 5.74) is 0. The molecule has 0 spiro atoms. The van der Waals surface area contributed by atoms with Crippen molar-refractivity contribution in [2.45, 2.75) is 52.0 Å². The average Bonchev–Trinajstić information content (AvgIpc) is 2.40. The Morgan fingerprint density at radius 3 is 2.89 bits per heavy atom. The van der Waals surface area contributed by atoms with Crippen LogP contribution < -0.4 is 10.6 Å². The standard InChI is InChI=1S/C15H30N2O2/c1-4-6-14(11-19-3)17-15(18)9-12(2)13-7-5-8-16-10-13/h12-14,16H,4-11H2,1-3H3,(H,17,18). The van der Waals surface area contributed by atoms with Gasteiger partial charge in [0.25, 0.3) is 0 Å². The molecule has 1 rings (SSSR count). The Labute approximate surface area is 117 Å². The second kappa shape index (κ2) is 9.32. The van der Waals surface area contributed by atoms with E-state index in [1.165, 1.54) is 12.8 Å². The molecule has 0 radical (unpaired) electrons. The molecular formula is C15H30N2O2. The molecule has 0 bridgehead atoms. The molecule has 4 nitrogen and oxygen atoms in total. The number of hydrogen-bond donors (Lipinski definition) is 2. The van der Waals surface area contributed by atoms with E-state index in [-0.39, 0.29) is 11.9 Å². The second-order valence-corrected chi connectivity index (χ2v) is 5.80. The lowest BCUT2D eigenvalue weighted by molar-refractivity contribution is -0.123. The molecule has 1 amide bonds. The summed E-state index contributed by atoms with van der Waals surface area (Å²) in [6.45, 7) is 7.12. The zero-order valence-electron chi connectivity index (χ0n) is 12.7. The Kier molecular flexibility index (Phi) is 8.07. The molecule has 19 heavy (non-hydrogen) atoms. The van der Waals surface area contributed by atoms with Gasteiger partial charge in [-0.3, -0.25) is 4.79 Å². The maximum absolute atomic E-state index is 12.1. The van der Waals surface area contributed by atoms with Gasteiger partial charge >= 0.3 is 0 Å². The topological polar surface area (TPSA) is 50.4 Å². The van der Waals surface area contributed by atoms with E-state index < -0.39 is 0 Å². The van der Waals surface area contributed by atoms with Crippen molar-refractivity contribution in [3.8, 4) is 0 Å². The number of methoxy groups -OCH3 is 1. The number of ether oxygens (including phenoxy) is 1. The average molecular weight is 270 g/mol. The number of rotatable bonds is 8. The van der Waals surface area contributed by atoms with Gasteiger partial charge in [0.1, 0.15) is 0 Å². The molecule has 1 aliphatic heterocycles. The van der Waals surface area contributed by atoms with Crippen molar-refractivity contribution in [3.63, 3.8) is 0 Å². The quantitative estimate of drug-likeness (QED) is 0.709. The number of hydrogen-bond acceptors (Lipinski definition) is 3. The van der Waals surface area contributed by atoms with Crippen molar-refractivity contribution in [1.29, 1.82) is 0 Å². The number of carbonyl (C=O) groups excluding carboxylic acids is 1. The number of amides is 1. The Hall–Kier alpha value is -0.610. The summed E-state index contributed by atoms with van der Waals surface area (Å²) in [4.78, 5) is 12.1. The Morgan fingerprint density at radius 1 is 1.53 bits per heavy atom. The van der Waals surface area contributed by atoms with Gasteiger partial charge < -0.3 is 15.4 Å². The minimum absolute atomic E-state index is 0.166. The van der Waals surface area contributed by atoms with E-state index in [9.17, 15) is 4.79 Å². The van der Waals surface area contributed by atoms with Crippen molar-refractivity contribution in [2.75, 3.05) is 26.8 Å². The number of carbonyl (C=O) groups is 1. The summed E-state index contributed by atoms with van der Waals surface area (Å²) in [7, 11) is 1.69. The van der Waals surface area contributed by atoms with Gasteiger partial charge in [0.2, 0.25) is 5.91 Å². The number of piperidine rings is 1. The summed E-state index contributed by atoms with van der Waals surface area (Å²) in [5.74, 6) is 1.28. The van der Waals surface area contributed by atoms with E-state index in [0.717, 1.165) is 25.9 Å². The first-order valence-electron chi connectivity index (χ1n) is 7.66. The van der Waals surface area contributed by atoms with E-state index in [0.29, 0.717) is 24.9 Å². The minimum atomic E-state index is 0.166. The molecule has 0 aromatic carbocycles. The van der Waals surface area contributed by atoms with E-state index >= 15 is 0 Å². The van der Waals surface area contributed by atoms with Gasteiger partial charge in [0, 0.05) is 13.5 Å². The largest absolute Gasteiger partial charge is 0.383 e. The van der Waals surface area contributed by atoms with Crippen molar-refractivity contribution in [3.05, 3.63) is 0 Å². The maximum atomic E-state index is 12.1. The first kappa shape index (κ1) is 16.4. The van der Waals surface area contributed by atoms with Crippen LogP contribution in [0.4, 0.5) is 0 Å². The minimum Gasteiger partial charge on any atom is -0.383 e. The zero-order chi connectivity index (χ0) is 14.1. The normalized spacial score (nSPS) is 22.8. The van der Waals surface area contributed by atoms with Gasteiger partial charge in [-0.05, 0) is 44.2 Å². The van der Waals surface area contributed by atoms with Crippen LogP contribution in [0.5, 0.6) is 0 Å². The molecule has 3 atom stereocenters. The number of nitrogens with one attached hydrogen (secondary N) is 2. The van der Waals surface area contributed by atoms with E-state index in [1.54, 1.807) is 7.11 Å². The molecule has 3 unspecified atom stereocenters. The van der Waals surface area contributed by atoms with Crippen molar-refractivity contribution in [1.82, 2.24) is 10.6 Å². The lowest BCUT2D eigenvalue weighted by Crippen LogP contribution is -2.40. The molecule has 4 heteroatoms. The van der Waals surface area contributed by atoms with Crippen molar-refractivity contribution in [2.24, 2.45) is 11.8 Å². The zero-order valence-corrected chi connectivity index (χ0v) is 12.7. The van der Waals surface area contributed by atoms with Crippen LogP contribution in [0, 0.1) is 11.8 Å². The monoisotopic (exact) mass is 270 g/mol. The summed E-state index contributed by atoms with van der Waals surface area (Å²) in [6.07, 6.45) is 5.17. The Bertz CT molecular complexity index is 247. The van der Waals surface area contributed by atoms with Crippen LogP contribution in [0.2, 0.25) is 0 Å². The fourth-order valence-corrected chi connectivity index (χ4v) is 2.86. The van der Waals surface area contributed by atoms with E-state index in [4.69, 9.17) is 4.74 Å². The maximum Gasteiger partial charge on any atom is 0.220 e. The predicted octanol–water partition coefficient (Wildman–Crippen LogP) is 1.94. The lowest BCUT2D eigenvalue weighted by atomic mass is 9.85. The molecule has 0 aliphatic carbocycles. The van der Waals surface area contributed by atoms with Crippen LogP contribution in [-0.2, 0) is 9.53 Å². The Morgan fingerprint density at radius 2 is 2.32 bits per heavy atom. The predicted molar refractivity (Wildman–Crippen MR) is 78.1 cm³/mol. The molecule has 1 saturated heterocycles. The summed E-state index contributed by atoms with van der Waals surface area (Å²) < 4.78 is 5.15. The molecule has 2 N–H and O–H groups in total. The van der Waals surface area contributed by atoms with Crippen LogP contribution in [0.1, 0.15) is 46.0 Å². The fourth-order valence-electron chi connectivity index (χ4n) is 2.86. The third-order valence-electron chi connectivity index (χ3n) is 4.02. The molecule has 112 valence electrons. The van der Waals surface area contributed by atoms with Crippen LogP contribution in [-0.4, -0.2) is 38.8 Å². The Balaban J connectivity index is 2.31. The van der Waals surface area contributed by atoms with Gasteiger partial charge in [-0.25, -0.2) is 0 Å². The summed E-state index contributed by atoms with van der Waals surface area (Å²) in [6, 6.07) is 0.166. The lowest BCUT2D eigenvalue weighted by Gasteiger charge is -2.28. The van der Waals surface area contributed by atoms with E-state index in [1.807, 2.05) is 0 Å². The van der Waals surface area contributed by atoms with Crippen molar-refractivity contribution < 1.29 is 9.53 Å². The molecule has 1 heterocycles. The third-order valence-corrected chi connectivity index (χ3v) is 4.02. The molecule has 0 saturated carbocycles. The smallest absolute Gasteiger partial charge is 0.220 e. The highest BCUT2D eigenvalue weighted by molar-refractivity contribution is 5.76. The van der Waals surface area contributed by atoms with Crippen LogP contribution >= 0.6 is 0 Å². The molecule has 0 aromatic heterocycles. The third kappa shape index (κ3) is 6.39. The summed E-state index contributed by atoms with van der Waals surface area (Å²) >= 11 is 0. The first-order chi connectivity index (χ1) is 9.17. The van der Waals surface area contributed by atoms with Crippen molar-refractivity contribution >= 4 is 5.91 Å². The highest BCUT2D eigenvalue weighted by Gasteiger charge is 2.22. The molecule has 1 fully saturated rings. The SMILES string of the molecule is CCCC(COC)NC(=O)CC(C)C1CCCNC1.